The topological polar surface area (TPSA) is 29.3 Å². The molecule has 2 heterocycles. The minimum absolute atomic E-state index is 0.630. The Morgan fingerprint density at radius 3 is 1.60 bits per heavy atom. The van der Waals surface area contributed by atoms with E-state index in [4.69, 9.17) is 9.40 Å². The Morgan fingerprint density at radius 2 is 0.976 bits per heavy atom. The molecule has 0 spiro atoms. The normalized spacial score (nSPS) is 11.3. The van der Waals surface area contributed by atoms with E-state index in [1.54, 1.807) is 0 Å². The first kappa shape index (κ1) is 24.2. The van der Waals surface area contributed by atoms with Crippen LogP contribution in [0.2, 0.25) is 0 Å². The number of anilines is 3. The summed E-state index contributed by atoms with van der Waals surface area (Å²) >= 11 is 0. The minimum Gasteiger partial charge on any atom is -0.438 e. The van der Waals surface area contributed by atoms with Gasteiger partial charge in [-0.3, -0.25) is 4.90 Å². The Balaban J connectivity index is 1.26. The van der Waals surface area contributed by atoms with Crippen molar-refractivity contribution in [3.63, 3.8) is 0 Å². The van der Waals surface area contributed by atoms with Gasteiger partial charge in [0.05, 0.1) is 0 Å². The average molecular weight is 539 g/mol. The van der Waals surface area contributed by atoms with Gasteiger partial charge in [-0.1, -0.05) is 115 Å². The molecule has 0 aliphatic heterocycles. The van der Waals surface area contributed by atoms with E-state index in [0.29, 0.717) is 5.71 Å². The summed E-state index contributed by atoms with van der Waals surface area (Å²) < 4.78 is 6.34. The van der Waals surface area contributed by atoms with Gasteiger partial charge in [0.2, 0.25) is 5.71 Å². The highest BCUT2D eigenvalue weighted by Crippen LogP contribution is 2.39. The predicted octanol–water partition coefficient (Wildman–Crippen LogP) is 10.9. The first-order valence-electron chi connectivity index (χ1n) is 14.1. The summed E-state index contributed by atoms with van der Waals surface area (Å²) in [5, 5.41) is 4.49. The molecule has 8 rings (SSSR count). The van der Waals surface area contributed by atoms with Gasteiger partial charge in [-0.15, -0.1) is 0 Å². The highest BCUT2D eigenvalue weighted by Gasteiger charge is 2.18. The fourth-order valence-corrected chi connectivity index (χ4v) is 5.82. The van der Waals surface area contributed by atoms with Crippen LogP contribution in [0.5, 0.6) is 0 Å². The van der Waals surface area contributed by atoms with Crippen molar-refractivity contribution in [2.45, 2.75) is 0 Å². The lowest BCUT2D eigenvalue weighted by Gasteiger charge is -2.24. The largest absolute Gasteiger partial charge is 0.438 e. The van der Waals surface area contributed by atoms with Crippen LogP contribution in [0.4, 0.5) is 17.2 Å². The summed E-state index contributed by atoms with van der Waals surface area (Å²) in [7, 11) is 0. The van der Waals surface area contributed by atoms with Gasteiger partial charge >= 0.3 is 0 Å². The van der Waals surface area contributed by atoms with Crippen LogP contribution in [0, 0.1) is 0 Å². The summed E-state index contributed by atoms with van der Waals surface area (Å²) in [4.78, 5) is 7.28. The van der Waals surface area contributed by atoms with E-state index in [1.165, 1.54) is 33.0 Å². The van der Waals surface area contributed by atoms with Crippen LogP contribution in [0.3, 0.4) is 0 Å². The molecule has 2 aromatic heterocycles. The van der Waals surface area contributed by atoms with Gasteiger partial charge in [0.15, 0.2) is 0 Å². The smallest absolute Gasteiger partial charge is 0.229 e. The fraction of sp³-hybridized carbons (Fsp3) is 0. The molecule has 42 heavy (non-hydrogen) atoms. The molecule has 3 heteroatoms. The maximum absolute atomic E-state index is 6.34. The van der Waals surface area contributed by atoms with Crippen LogP contribution in [0.25, 0.3) is 55.1 Å². The minimum atomic E-state index is 0.630. The third-order valence-corrected chi connectivity index (χ3v) is 7.91. The predicted molar refractivity (Wildman–Crippen MR) is 175 cm³/mol. The molecule has 0 atom stereocenters. The van der Waals surface area contributed by atoms with E-state index in [9.17, 15) is 0 Å². The second-order valence-corrected chi connectivity index (χ2v) is 10.4. The first-order valence-corrected chi connectivity index (χ1v) is 14.1. The van der Waals surface area contributed by atoms with Crippen LogP contribution in [-0.4, -0.2) is 4.98 Å². The number of furan rings is 1. The molecular weight excluding hydrogens is 512 g/mol. The van der Waals surface area contributed by atoms with Crippen molar-refractivity contribution in [2.24, 2.45) is 0 Å². The fourth-order valence-electron chi connectivity index (χ4n) is 5.82. The lowest BCUT2D eigenvalue weighted by Crippen LogP contribution is -2.11. The summed E-state index contributed by atoms with van der Waals surface area (Å²) in [6.45, 7) is 0. The number of fused-ring (bicyclic) bond motifs is 5. The molecule has 0 saturated carbocycles. The lowest BCUT2D eigenvalue weighted by atomic mass is 10.0. The van der Waals surface area contributed by atoms with Crippen LogP contribution in [-0.2, 0) is 0 Å². The molecule has 0 bridgehead atoms. The number of aromatic nitrogens is 1. The number of hydrogen-bond acceptors (Lipinski definition) is 3. The zero-order chi connectivity index (χ0) is 27.9. The van der Waals surface area contributed by atoms with Crippen LogP contribution in [0.15, 0.2) is 162 Å². The van der Waals surface area contributed by atoms with E-state index in [2.05, 4.69) is 144 Å². The molecule has 6 aromatic carbocycles. The van der Waals surface area contributed by atoms with Crippen molar-refractivity contribution < 1.29 is 4.42 Å². The third-order valence-electron chi connectivity index (χ3n) is 7.91. The van der Waals surface area contributed by atoms with Gasteiger partial charge in [-0.05, 0) is 75.5 Å². The monoisotopic (exact) mass is 538 g/mol. The molecule has 0 aliphatic rings. The van der Waals surface area contributed by atoms with Gasteiger partial charge in [-0.25, -0.2) is 0 Å². The number of rotatable bonds is 5. The molecule has 0 amide bonds. The van der Waals surface area contributed by atoms with E-state index in [1.807, 2.05) is 18.2 Å². The van der Waals surface area contributed by atoms with Gasteiger partial charge in [0.25, 0.3) is 0 Å². The Labute approximate surface area is 243 Å². The van der Waals surface area contributed by atoms with E-state index >= 15 is 0 Å². The van der Waals surface area contributed by atoms with Gasteiger partial charge in [0.1, 0.15) is 11.4 Å². The highest BCUT2D eigenvalue weighted by molar-refractivity contribution is 6.18. The average Bonchev–Trinajstić information content (AvgIpc) is 3.45. The lowest BCUT2D eigenvalue weighted by molar-refractivity contribution is 0.654. The van der Waals surface area contributed by atoms with Crippen molar-refractivity contribution in [2.75, 3.05) is 4.90 Å². The summed E-state index contributed by atoms with van der Waals surface area (Å²) in [6, 6.07) is 55.0. The molecule has 0 radical (unpaired) electrons. The summed E-state index contributed by atoms with van der Waals surface area (Å²) in [6.07, 6.45) is 0. The number of hydrogen-bond donors (Lipinski definition) is 0. The molecule has 8 aromatic rings. The number of nitrogens with zero attached hydrogens (tertiary/aromatic N) is 2. The third kappa shape index (κ3) is 4.20. The summed E-state index contributed by atoms with van der Waals surface area (Å²) in [5.41, 5.74) is 8.25. The second kappa shape index (κ2) is 10.1. The molecular formula is C39H26N2O. The van der Waals surface area contributed by atoms with Gasteiger partial charge in [0, 0.05) is 22.1 Å². The van der Waals surface area contributed by atoms with Gasteiger partial charge in [-0.2, -0.15) is 4.98 Å². The van der Waals surface area contributed by atoms with Crippen molar-refractivity contribution >= 4 is 50.0 Å². The maximum atomic E-state index is 6.34. The standard InChI is InChI=1S/C39H26N2O/c1-3-9-27(10-4-1)29-15-20-32(21-16-29)41(33-22-17-30(18-23-33)28-11-5-2-6-12-28)37-26-24-35-38-34-14-8-7-13-31(34)19-25-36(38)42-39(35)40-37/h1-26H. The number of benzene rings is 6. The second-order valence-electron chi connectivity index (χ2n) is 10.4. The van der Waals surface area contributed by atoms with Crippen molar-refractivity contribution in [1.29, 1.82) is 0 Å². The quantitative estimate of drug-likeness (QED) is 0.218. The maximum Gasteiger partial charge on any atom is 0.229 e. The Hall–Kier alpha value is -5.67. The van der Waals surface area contributed by atoms with Crippen molar-refractivity contribution in [3.05, 3.63) is 158 Å². The number of pyridine rings is 1. The van der Waals surface area contributed by atoms with E-state index in [-0.39, 0.29) is 0 Å². The zero-order valence-corrected chi connectivity index (χ0v) is 22.8. The molecule has 0 fully saturated rings. The molecule has 0 aliphatic carbocycles. The van der Waals surface area contributed by atoms with Crippen LogP contribution < -0.4 is 4.90 Å². The Bertz CT molecular complexity index is 2080. The first-order chi connectivity index (χ1) is 20.8. The zero-order valence-electron chi connectivity index (χ0n) is 22.8. The molecule has 3 nitrogen and oxygen atoms in total. The van der Waals surface area contributed by atoms with Crippen molar-refractivity contribution in [1.82, 2.24) is 4.98 Å². The highest BCUT2D eigenvalue weighted by atomic mass is 16.3. The Kier molecular flexibility index (Phi) is 5.79. The molecule has 0 N–H and O–H groups in total. The molecule has 198 valence electrons. The van der Waals surface area contributed by atoms with Crippen LogP contribution >= 0.6 is 0 Å². The molecule has 0 saturated heterocycles. The molecule has 0 unspecified atom stereocenters. The summed E-state index contributed by atoms with van der Waals surface area (Å²) in [5.74, 6) is 0.797. The van der Waals surface area contributed by atoms with Crippen LogP contribution in [0.1, 0.15) is 0 Å². The van der Waals surface area contributed by atoms with Crippen molar-refractivity contribution in [3.8, 4) is 22.3 Å². The van der Waals surface area contributed by atoms with E-state index in [0.717, 1.165) is 33.5 Å². The van der Waals surface area contributed by atoms with E-state index < -0.39 is 0 Å². The van der Waals surface area contributed by atoms with Gasteiger partial charge < -0.3 is 4.42 Å². The SMILES string of the molecule is c1ccc(-c2ccc(N(c3ccc(-c4ccccc4)cc3)c3ccc4c(n3)oc3ccc5ccccc5c34)cc2)cc1. The Morgan fingerprint density at radius 1 is 0.429 bits per heavy atom.